The molecule has 3 aromatic rings. The van der Waals surface area contributed by atoms with Crippen molar-refractivity contribution >= 4 is 22.6 Å². The smallest absolute Gasteiger partial charge is 0.251 e. The third-order valence-electron chi connectivity index (χ3n) is 6.27. The normalized spacial score (nSPS) is 14.1. The van der Waals surface area contributed by atoms with E-state index in [1.807, 2.05) is 42.5 Å². The Hall–Kier alpha value is -3.13. The summed E-state index contributed by atoms with van der Waals surface area (Å²) in [6.45, 7) is 5.40. The predicted octanol–water partition coefficient (Wildman–Crippen LogP) is 4.96. The minimum atomic E-state index is -0.0288. The van der Waals surface area contributed by atoms with E-state index in [2.05, 4.69) is 27.6 Å². The number of benzene rings is 2. The van der Waals surface area contributed by atoms with Gasteiger partial charge < -0.3 is 19.7 Å². The van der Waals surface area contributed by atoms with Crippen molar-refractivity contribution in [3.63, 3.8) is 0 Å². The van der Waals surface area contributed by atoms with Crippen LogP contribution in [0.15, 0.2) is 48.5 Å². The van der Waals surface area contributed by atoms with Gasteiger partial charge in [0, 0.05) is 43.2 Å². The molecule has 8 heteroatoms. The Bertz CT molecular complexity index is 1080. The highest BCUT2D eigenvalue weighted by molar-refractivity contribution is 7.09. The van der Waals surface area contributed by atoms with E-state index < -0.39 is 0 Å². The number of aromatic nitrogens is 2. The summed E-state index contributed by atoms with van der Waals surface area (Å²) in [7, 11) is 1.68. The number of anilines is 1. The Labute approximate surface area is 211 Å². The Kier molecular flexibility index (Phi) is 8.95. The highest BCUT2D eigenvalue weighted by Crippen LogP contribution is 2.25. The molecule has 1 N–H and O–H groups in total. The van der Waals surface area contributed by atoms with Crippen LogP contribution in [0.5, 0.6) is 11.5 Å². The summed E-state index contributed by atoms with van der Waals surface area (Å²) < 4.78 is 15.5. The second-order valence-corrected chi connectivity index (χ2v) is 9.62. The predicted molar refractivity (Wildman–Crippen MR) is 140 cm³/mol. The Balaban J connectivity index is 1.20. The van der Waals surface area contributed by atoms with Gasteiger partial charge in [-0.25, -0.2) is 4.98 Å². The van der Waals surface area contributed by atoms with Crippen LogP contribution in [0.2, 0.25) is 0 Å². The second kappa shape index (κ2) is 12.5. The zero-order valence-corrected chi connectivity index (χ0v) is 21.4. The van der Waals surface area contributed by atoms with Crippen LogP contribution in [0.25, 0.3) is 0 Å². The van der Waals surface area contributed by atoms with Gasteiger partial charge in [0.2, 0.25) is 5.13 Å². The van der Waals surface area contributed by atoms with Gasteiger partial charge in [-0.2, -0.15) is 4.37 Å². The molecule has 1 aromatic heterocycles. The number of carbonyl (C=O) groups is 1. The summed E-state index contributed by atoms with van der Waals surface area (Å²) in [5, 5.41) is 4.08. The molecule has 0 spiro atoms. The minimum Gasteiger partial charge on any atom is -0.497 e. The van der Waals surface area contributed by atoms with Crippen LogP contribution < -0.4 is 19.7 Å². The van der Waals surface area contributed by atoms with Crippen molar-refractivity contribution in [2.75, 3.05) is 38.3 Å². The molecule has 1 fully saturated rings. The van der Waals surface area contributed by atoms with E-state index in [-0.39, 0.29) is 5.91 Å². The molecule has 1 saturated heterocycles. The Morgan fingerprint density at radius 1 is 1.14 bits per heavy atom. The van der Waals surface area contributed by atoms with Crippen molar-refractivity contribution in [1.82, 2.24) is 14.7 Å². The third-order valence-corrected chi connectivity index (χ3v) is 7.09. The molecule has 35 heavy (non-hydrogen) atoms. The molecule has 0 bridgehead atoms. The van der Waals surface area contributed by atoms with E-state index in [1.165, 1.54) is 11.5 Å². The highest BCUT2D eigenvalue weighted by atomic mass is 32.1. The summed E-state index contributed by atoms with van der Waals surface area (Å²) in [4.78, 5) is 19.6. The summed E-state index contributed by atoms with van der Waals surface area (Å²) in [5.74, 6) is 2.94. The zero-order valence-electron chi connectivity index (χ0n) is 20.5. The Morgan fingerprint density at radius 2 is 1.94 bits per heavy atom. The van der Waals surface area contributed by atoms with Crippen LogP contribution in [0, 0.1) is 5.92 Å². The lowest BCUT2D eigenvalue weighted by molar-refractivity contribution is 0.0945. The number of amides is 1. The molecule has 0 unspecified atom stereocenters. The number of nitrogens with zero attached hydrogens (tertiary/aromatic N) is 3. The third kappa shape index (κ3) is 7.18. The van der Waals surface area contributed by atoms with Gasteiger partial charge in [-0.15, -0.1) is 0 Å². The summed E-state index contributed by atoms with van der Waals surface area (Å²) >= 11 is 1.46. The first-order chi connectivity index (χ1) is 17.1. The lowest BCUT2D eigenvalue weighted by Crippen LogP contribution is -2.38. The molecule has 4 rings (SSSR count). The quantitative estimate of drug-likeness (QED) is 0.380. The molecule has 1 aliphatic rings. The van der Waals surface area contributed by atoms with Crippen LogP contribution in [0.4, 0.5) is 5.13 Å². The van der Waals surface area contributed by atoms with Gasteiger partial charge in [-0.1, -0.05) is 25.5 Å². The molecule has 1 amide bonds. The molecule has 0 atom stereocenters. The molecule has 1 aliphatic heterocycles. The number of ether oxygens (including phenoxy) is 2. The summed E-state index contributed by atoms with van der Waals surface area (Å²) in [5.41, 5.74) is 1.81. The molecule has 2 heterocycles. The van der Waals surface area contributed by atoms with Crippen LogP contribution in [-0.4, -0.2) is 48.6 Å². The van der Waals surface area contributed by atoms with Gasteiger partial charge in [-0.05, 0) is 67.1 Å². The standard InChI is InChI=1S/C27H34N4O3S/c1-3-4-16-34-23-10-8-22(9-11-23)26(32)28-19-20-12-14-31(15-13-20)27-29-25(30-35-27)18-21-6-5-7-24(17-21)33-2/h5-11,17,20H,3-4,12-16,18-19H2,1-2H3,(H,28,32). The van der Waals surface area contributed by atoms with Gasteiger partial charge in [0.25, 0.3) is 5.91 Å². The van der Waals surface area contributed by atoms with Gasteiger partial charge in [0.05, 0.1) is 13.7 Å². The molecular formula is C27H34N4O3S. The van der Waals surface area contributed by atoms with Crippen LogP contribution in [0.1, 0.15) is 54.4 Å². The van der Waals surface area contributed by atoms with Crippen LogP contribution in [-0.2, 0) is 6.42 Å². The average Bonchev–Trinajstić information content (AvgIpc) is 3.36. The Morgan fingerprint density at radius 3 is 2.69 bits per heavy atom. The minimum absolute atomic E-state index is 0.0288. The van der Waals surface area contributed by atoms with Crippen molar-refractivity contribution in [3.8, 4) is 11.5 Å². The number of nitrogens with one attached hydrogen (secondary N) is 1. The maximum absolute atomic E-state index is 12.6. The number of carbonyl (C=O) groups excluding carboxylic acids is 1. The number of unbranched alkanes of at least 4 members (excludes halogenated alkanes) is 1. The number of piperidine rings is 1. The monoisotopic (exact) mass is 494 g/mol. The first-order valence-electron chi connectivity index (χ1n) is 12.4. The maximum Gasteiger partial charge on any atom is 0.251 e. The SMILES string of the molecule is CCCCOc1ccc(C(=O)NCC2CCN(c3nc(Cc4cccc(OC)c4)ns3)CC2)cc1. The van der Waals surface area contributed by atoms with Crippen molar-refractivity contribution in [3.05, 3.63) is 65.5 Å². The van der Waals surface area contributed by atoms with E-state index in [4.69, 9.17) is 14.5 Å². The van der Waals surface area contributed by atoms with E-state index in [1.54, 1.807) is 7.11 Å². The molecule has 0 aliphatic carbocycles. The van der Waals surface area contributed by atoms with E-state index in [0.717, 1.165) is 66.8 Å². The number of hydrogen-bond acceptors (Lipinski definition) is 7. The van der Waals surface area contributed by atoms with Crippen LogP contribution >= 0.6 is 11.5 Å². The fourth-order valence-electron chi connectivity index (χ4n) is 4.11. The molecule has 2 aromatic carbocycles. The second-order valence-electron chi connectivity index (χ2n) is 8.89. The zero-order chi connectivity index (χ0) is 24.5. The maximum atomic E-state index is 12.6. The largest absolute Gasteiger partial charge is 0.497 e. The molecule has 0 saturated carbocycles. The van der Waals surface area contributed by atoms with Gasteiger partial charge in [-0.3, -0.25) is 4.79 Å². The van der Waals surface area contributed by atoms with E-state index in [0.29, 0.717) is 31.1 Å². The number of hydrogen-bond donors (Lipinski definition) is 1. The molecule has 186 valence electrons. The lowest BCUT2D eigenvalue weighted by Gasteiger charge is -2.31. The van der Waals surface area contributed by atoms with Crippen molar-refractivity contribution in [2.45, 2.75) is 39.0 Å². The van der Waals surface area contributed by atoms with Gasteiger partial charge in [0.1, 0.15) is 17.3 Å². The molecular weight excluding hydrogens is 460 g/mol. The summed E-state index contributed by atoms with van der Waals surface area (Å²) in [6, 6.07) is 15.4. The van der Waals surface area contributed by atoms with Crippen molar-refractivity contribution in [1.29, 1.82) is 0 Å². The van der Waals surface area contributed by atoms with Crippen LogP contribution in [0.3, 0.4) is 0 Å². The van der Waals surface area contributed by atoms with E-state index >= 15 is 0 Å². The summed E-state index contributed by atoms with van der Waals surface area (Å²) in [6.07, 6.45) is 4.88. The highest BCUT2D eigenvalue weighted by Gasteiger charge is 2.22. The molecule has 0 radical (unpaired) electrons. The first kappa shape index (κ1) is 25.0. The van der Waals surface area contributed by atoms with Gasteiger partial charge >= 0.3 is 0 Å². The first-order valence-corrected chi connectivity index (χ1v) is 13.1. The lowest BCUT2D eigenvalue weighted by atomic mass is 9.97. The van der Waals surface area contributed by atoms with Crippen molar-refractivity contribution in [2.24, 2.45) is 5.92 Å². The van der Waals surface area contributed by atoms with Crippen molar-refractivity contribution < 1.29 is 14.3 Å². The fraction of sp³-hybridized carbons (Fsp3) is 0.444. The number of methoxy groups -OCH3 is 1. The topological polar surface area (TPSA) is 76.6 Å². The average molecular weight is 495 g/mol. The fourth-order valence-corrected chi connectivity index (χ4v) is 4.85. The molecule has 7 nitrogen and oxygen atoms in total. The number of rotatable bonds is 11. The van der Waals surface area contributed by atoms with E-state index in [9.17, 15) is 4.79 Å². The van der Waals surface area contributed by atoms with Gasteiger partial charge in [0.15, 0.2) is 0 Å².